The van der Waals surface area contributed by atoms with Crippen LogP contribution in [-0.4, -0.2) is 35.1 Å². The lowest BCUT2D eigenvalue weighted by molar-refractivity contribution is -0.141. The minimum Gasteiger partial charge on any atom is -0.352 e. The fourth-order valence-electron chi connectivity index (χ4n) is 2.63. The van der Waals surface area contributed by atoms with E-state index in [4.69, 9.17) is 0 Å². The van der Waals surface area contributed by atoms with E-state index in [0.29, 0.717) is 12.1 Å². The van der Waals surface area contributed by atoms with Crippen LogP contribution >= 0.6 is 0 Å². The summed E-state index contributed by atoms with van der Waals surface area (Å²) in [4.78, 5) is 26.6. The molecule has 0 unspecified atom stereocenters. The van der Waals surface area contributed by atoms with Gasteiger partial charge in [-0.05, 0) is 31.9 Å². The number of rotatable bonds is 6. The SMILES string of the molecule is CCCNC(=O)c1cccc(C)c1C(=O)N(CC)c1cc(C(F)(F)F)n[nH]1. The summed E-state index contributed by atoms with van der Waals surface area (Å²) in [6, 6.07) is 5.62. The van der Waals surface area contributed by atoms with Gasteiger partial charge in [-0.15, -0.1) is 0 Å². The molecule has 0 bridgehead atoms. The van der Waals surface area contributed by atoms with Crippen molar-refractivity contribution >= 4 is 17.6 Å². The highest BCUT2D eigenvalue weighted by Crippen LogP contribution is 2.30. The molecule has 1 heterocycles. The first-order valence-corrected chi connectivity index (χ1v) is 8.52. The predicted molar refractivity (Wildman–Crippen MR) is 94.7 cm³/mol. The molecule has 146 valence electrons. The fourth-order valence-corrected chi connectivity index (χ4v) is 2.63. The van der Waals surface area contributed by atoms with Crippen LogP contribution in [0.5, 0.6) is 0 Å². The van der Waals surface area contributed by atoms with Gasteiger partial charge in [-0.25, -0.2) is 0 Å². The summed E-state index contributed by atoms with van der Waals surface area (Å²) in [7, 11) is 0. The van der Waals surface area contributed by atoms with Crippen LogP contribution in [0.3, 0.4) is 0 Å². The molecule has 27 heavy (non-hydrogen) atoms. The van der Waals surface area contributed by atoms with Gasteiger partial charge in [-0.2, -0.15) is 18.3 Å². The Labute approximate surface area is 154 Å². The van der Waals surface area contributed by atoms with Gasteiger partial charge in [0.05, 0.1) is 11.1 Å². The van der Waals surface area contributed by atoms with E-state index in [9.17, 15) is 22.8 Å². The Morgan fingerprint density at radius 1 is 1.26 bits per heavy atom. The zero-order valence-electron chi connectivity index (χ0n) is 15.3. The highest BCUT2D eigenvalue weighted by atomic mass is 19.4. The molecule has 6 nitrogen and oxygen atoms in total. The van der Waals surface area contributed by atoms with Crippen LogP contribution in [0, 0.1) is 6.92 Å². The summed E-state index contributed by atoms with van der Waals surface area (Å²) in [6.45, 7) is 5.75. The predicted octanol–water partition coefficient (Wildman–Crippen LogP) is 3.54. The number of alkyl halides is 3. The first-order valence-electron chi connectivity index (χ1n) is 8.52. The summed E-state index contributed by atoms with van der Waals surface area (Å²) in [5, 5.41) is 8.19. The number of carbonyl (C=O) groups is 2. The molecule has 0 radical (unpaired) electrons. The highest BCUT2D eigenvalue weighted by molar-refractivity contribution is 6.13. The molecular weight excluding hydrogens is 361 g/mol. The van der Waals surface area contributed by atoms with Crippen LogP contribution in [0.15, 0.2) is 24.3 Å². The van der Waals surface area contributed by atoms with Gasteiger partial charge >= 0.3 is 6.18 Å². The van der Waals surface area contributed by atoms with E-state index < -0.39 is 23.7 Å². The third-order valence-electron chi connectivity index (χ3n) is 3.97. The molecule has 0 spiro atoms. The molecular formula is C18H21F3N4O2. The Bertz CT molecular complexity index is 830. The van der Waals surface area contributed by atoms with Crippen molar-refractivity contribution in [3.63, 3.8) is 0 Å². The van der Waals surface area contributed by atoms with Crippen molar-refractivity contribution in [2.24, 2.45) is 0 Å². The Morgan fingerprint density at radius 3 is 2.52 bits per heavy atom. The van der Waals surface area contributed by atoms with E-state index in [2.05, 4.69) is 15.5 Å². The van der Waals surface area contributed by atoms with Crippen molar-refractivity contribution in [3.8, 4) is 0 Å². The van der Waals surface area contributed by atoms with Crippen molar-refractivity contribution in [3.05, 3.63) is 46.6 Å². The van der Waals surface area contributed by atoms with Crippen molar-refractivity contribution in [1.82, 2.24) is 15.5 Å². The van der Waals surface area contributed by atoms with E-state index in [1.54, 1.807) is 26.0 Å². The molecule has 1 aromatic heterocycles. The number of nitrogens with zero attached hydrogens (tertiary/aromatic N) is 2. The molecule has 0 saturated heterocycles. The Morgan fingerprint density at radius 2 is 1.96 bits per heavy atom. The lowest BCUT2D eigenvalue weighted by Crippen LogP contribution is -2.34. The zero-order chi connectivity index (χ0) is 20.2. The summed E-state index contributed by atoms with van der Waals surface area (Å²) in [6.07, 6.45) is -3.89. The number of hydrogen-bond donors (Lipinski definition) is 2. The number of amides is 2. The van der Waals surface area contributed by atoms with Gasteiger partial charge in [-0.1, -0.05) is 19.1 Å². The molecule has 2 N–H and O–H groups in total. The number of halogens is 3. The maximum Gasteiger partial charge on any atom is 0.435 e. The highest BCUT2D eigenvalue weighted by Gasteiger charge is 2.35. The number of H-pyrrole nitrogens is 1. The Balaban J connectivity index is 2.43. The van der Waals surface area contributed by atoms with Crippen LogP contribution in [0.4, 0.5) is 19.0 Å². The van der Waals surface area contributed by atoms with Crippen LogP contribution in [0.1, 0.15) is 52.2 Å². The number of aromatic amines is 1. The summed E-state index contributed by atoms with van der Waals surface area (Å²) < 4.78 is 38.4. The first kappa shape index (κ1) is 20.5. The summed E-state index contributed by atoms with van der Waals surface area (Å²) in [5.74, 6) is -1.06. The van der Waals surface area contributed by atoms with E-state index in [0.717, 1.165) is 17.4 Å². The quantitative estimate of drug-likeness (QED) is 0.802. The van der Waals surface area contributed by atoms with Crippen LogP contribution in [0.2, 0.25) is 0 Å². The van der Waals surface area contributed by atoms with Gasteiger partial charge < -0.3 is 5.32 Å². The summed E-state index contributed by atoms with van der Waals surface area (Å²) in [5.41, 5.74) is -0.230. The van der Waals surface area contributed by atoms with Crippen LogP contribution < -0.4 is 10.2 Å². The van der Waals surface area contributed by atoms with Gasteiger partial charge in [0.1, 0.15) is 5.82 Å². The standard InChI is InChI=1S/C18H21F3N4O2/c1-4-9-22-16(26)12-8-6-7-11(3)15(12)17(27)25(5-2)14-10-13(23-24-14)18(19,20)21/h6-8,10H,4-5,9H2,1-3H3,(H,22,26)(H,23,24). The number of hydrogen-bond acceptors (Lipinski definition) is 3. The minimum atomic E-state index is -4.62. The van der Waals surface area contributed by atoms with Gasteiger partial charge in [0.2, 0.25) is 0 Å². The lowest BCUT2D eigenvalue weighted by Gasteiger charge is -2.21. The maximum atomic E-state index is 13.1. The van der Waals surface area contributed by atoms with Crippen LogP contribution in [0.25, 0.3) is 0 Å². The third-order valence-corrected chi connectivity index (χ3v) is 3.97. The molecule has 2 aromatic rings. The molecule has 9 heteroatoms. The van der Waals surface area contributed by atoms with E-state index >= 15 is 0 Å². The van der Waals surface area contributed by atoms with E-state index in [1.165, 1.54) is 6.07 Å². The number of carbonyl (C=O) groups excluding carboxylic acids is 2. The average molecular weight is 382 g/mol. The van der Waals surface area contributed by atoms with Crippen molar-refractivity contribution in [2.45, 2.75) is 33.4 Å². The second-order valence-electron chi connectivity index (χ2n) is 5.94. The maximum absolute atomic E-state index is 13.1. The smallest absolute Gasteiger partial charge is 0.352 e. The minimum absolute atomic E-state index is 0.0852. The second-order valence-corrected chi connectivity index (χ2v) is 5.94. The average Bonchev–Trinajstić information content (AvgIpc) is 3.10. The molecule has 0 aliphatic heterocycles. The third kappa shape index (κ3) is 4.47. The molecule has 0 fully saturated rings. The molecule has 0 aliphatic rings. The van der Waals surface area contributed by atoms with E-state index in [1.807, 2.05) is 6.92 Å². The second kappa shape index (κ2) is 8.24. The van der Waals surface area contributed by atoms with Crippen molar-refractivity contribution in [1.29, 1.82) is 0 Å². The Kier molecular flexibility index (Phi) is 6.24. The summed E-state index contributed by atoms with van der Waals surface area (Å²) >= 11 is 0. The normalized spacial score (nSPS) is 11.3. The fraction of sp³-hybridized carbons (Fsp3) is 0.389. The molecule has 0 aliphatic carbocycles. The largest absolute Gasteiger partial charge is 0.435 e. The van der Waals surface area contributed by atoms with E-state index in [-0.39, 0.29) is 23.5 Å². The van der Waals surface area contributed by atoms with Crippen molar-refractivity contribution in [2.75, 3.05) is 18.0 Å². The molecule has 2 amide bonds. The number of benzene rings is 1. The van der Waals surface area contributed by atoms with Crippen molar-refractivity contribution < 1.29 is 22.8 Å². The van der Waals surface area contributed by atoms with Gasteiger partial charge in [0, 0.05) is 19.2 Å². The van der Waals surface area contributed by atoms with Gasteiger partial charge in [-0.3, -0.25) is 19.6 Å². The number of nitrogens with one attached hydrogen (secondary N) is 2. The molecule has 1 aromatic carbocycles. The van der Waals surface area contributed by atoms with Crippen LogP contribution in [-0.2, 0) is 6.18 Å². The molecule has 2 rings (SSSR count). The number of aryl methyl sites for hydroxylation is 1. The molecule has 0 atom stereocenters. The number of anilines is 1. The topological polar surface area (TPSA) is 78.1 Å². The monoisotopic (exact) mass is 382 g/mol. The molecule has 0 saturated carbocycles. The van der Waals surface area contributed by atoms with Gasteiger partial charge in [0.25, 0.3) is 11.8 Å². The van der Waals surface area contributed by atoms with Gasteiger partial charge in [0.15, 0.2) is 5.69 Å². The number of aromatic nitrogens is 2. The Hall–Kier alpha value is -2.84. The lowest BCUT2D eigenvalue weighted by atomic mass is 9.99. The zero-order valence-corrected chi connectivity index (χ0v) is 15.3. The first-order chi connectivity index (χ1) is 12.7.